The van der Waals surface area contributed by atoms with Gasteiger partial charge in [0.05, 0.1) is 12.2 Å². The van der Waals surface area contributed by atoms with Crippen molar-refractivity contribution >= 4 is 29.9 Å². The van der Waals surface area contributed by atoms with E-state index in [1.165, 1.54) is 38.5 Å². The number of piperidine rings is 1. The van der Waals surface area contributed by atoms with Crippen LogP contribution in [-0.2, 0) is 6.54 Å². The van der Waals surface area contributed by atoms with Crippen LogP contribution in [0, 0.1) is 19.8 Å². The quantitative estimate of drug-likeness (QED) is 0.215. The standard InChI is InChI=1S/C21H39N5O.HI/c1-5-7-8-9-12-23-21(22-6-2)24-15-19-10-13-26(14-11-19)16-20-25-17(3)18(4)27-20;/h19H,5-16H2,1-4H3,(H2,22,23,24);1H. The van der Waals surface area contributed by atoms with E-state index in [1.807, 2.05) is 13.8 Å². The highest BCUT2D eigenvalue weighted by Gasteiger charge is 2.20. The van der Waals surface area contributed by atoms with Gasteiger partial charge in [-0.05, 0) is 59.0 Å². The lowest BCUT2D eigenvalue weighted by Gasteiger charge is -2.30. The molecule has 0 amide bonds. The molecule has 0 spiro atoms. The maximum absolute atomic E-state index is 5.72. The van der Waals surface area contributed by atoms with E-state index in [-0.39, 0.29) is 24.0 Å². The van der Waals surface area contributed by atoms with Crippen LogP contribution in [0.25, 0.3) is 0 Å². The van der Waals surface area contributed by atoms with E-state index in [1.54, 1.807) is 0 Å². The number of unbranched alkanes of at least 4 members (excludes halogenated alkanes) is 3. The van der Waals surface area contributed by atoms with Crippen molar-refractivity contribution in [3.8, 4) is 0 Å². The van der Waals surface area contributed by atoms with E-state index in [0.717, 1.165) is 62.6 Å². The minimum atomic E-state index is 0. The summed E-state index contributed by atoms with van der Waals surface area (Å²) < 4.78 is 5.72. The lowest BCUT2D eigenvalue weighted by Crippen LogP contribution is -2.39. The molecule has 6 nitrogen and oxygen atoms in total. The number of aromatic nitrogens is 1. The summed E-state index contributed by atoms with van der Waals surface area (Å²) in [6, 6.07) is 0. The summed E-state index contributed by atoms with van der Waals surface area (Å²) in [4.78, 5) is 11.8. The van der Waals surface area contributed by atoms with Crippen LogP contribution >= 0.6 is 24.0 Å². The molecule has 0 unspecified atom stereocenters. The fraction of sp³-hybridized carbons (Fsp3) is 0.810. The first-order chi connectivity index (χ1) is 13.1. The van der Waals surface area contributed by atoms with Gasteiger partial charge in [-0.3, -0.25) is 9.89 Å². The molecule has 1 saturated heterocycles. The Morgan fingerprint density at radius 1 is 1.14 bits per heavy atom. The molecule has 1 fully saturated rings. The largest absolute Gasteiger partial charge is 0.444 e. The van der Waals surface area contributed by atoms with Crippen LogP contribution in [0.2, 0.25) is 0 Å². The zero-order valence-electron chi connectivity index (χ0n) is 18.2. The van der Waals surface area contributed by atoms with E-state index < -0.39 is 0 Å². The van der Waals surface area contributed by atoms with E-state index in [2.05, 4.69) is 34.4 Å². The first kappa shape index (κ1) is 25.2. The Hall–Kier alpha value is -0.830. The van der Waals surface area contributed by atoms with Crippen LogP contribution in [0.15, 0.2) is 9.41 Å². The molecule has 1 aliphatic heterocycles. The molecule has 0 saturated carbocycles. The number of likely N-dealkylation sites (tertiary alicyclic amines) is 1. The zero-order chi connectivity index (χ0) is 19.5. The third-order valence-corrected chi connectivity index (χ3v) is 5.31. The number of oxazole rings is 1. The number of rotatable bonds is 10. The van der Waals surface area contributed by atoms with Gasteiger partial charge < -0.3 is 15.1 Å². The highest BCUT2D eigenvalue weighted by Crippen LogP contribution is 2.20. The van der Waals surface area contributed by atoms with E-state index in [9.17, 15) is 0 Å². The SMILES string of the molecule is CCCCCCNC(=NCC1CCN(Cc2nc(C)c(C)o2)CC1)NCC.I. The minimum absolute atomic E-state index is 0. The fourth-order valence-corrected chi connectivity index (χ4v) is 3.45. The predicted molar refractivity (Wildman–Crippen MR) is 128 cm³/mol. The molecule has 1 aromatic heterocycles. The first-order valence-corrected chi connectivity index (χ1v) is 10.8. The molecule has 0 aromatic carbocycles. The average Bonchev–Trinajstić information content (AvgIpc) is 2.97. The number of aryl methyl sites for hydroxylation is 2. The van der Waals surface area contributed by atoms with Gasteiger partial charge in [0.1, 0.15) is 5.76 Å². The summed E-state index contributed by atoms with van der Waals surface area (Å²) in [5.74, 6) is 3.43. The molecule has 7 heteroatoms. The highest BCUT2D eigenvalue weighted by atomic mass is 127. The van der Waals surface area contributed by atoms with Crippen LogP contribution in [0.1, 0.15) is 69.7 Å². The van der Waals surface area contributed by atoms with Crippen molar-refractivity contribution in [2.45, 2.75) is 72.8 Å². The first-order valence-electron chi connectivity index (χ1n) is 10.8. The molecule has 28 heavy (non-hydrogen) atoms. The summed E-state index contributed by atoms with van der Waals surface area (Å²) in [7, 11) is 0. The Bertz CT molecular complexity index is 548. The third kappa shape index (κ3) is 9.11. The Morgan fingerprint density at radius 3 is 2.50 bits per heavy atom. The summed E-state index contributed by atoms with van der Waals surface area (Å²) in [5, 5.41) is 6.85. The predicted octanol–water partition coefficient (Wildman–Crippen LogP) is 4.26. The van der Waals surface area contributed by atoms with Crippen molar-refractivity contribution in [2.24, 2.45) is 10.9 Å². The van der Waals surface area contributed by atoms with Gasteiger partial charge in [0, 0.05) is 19.6 Å². The number of hydrogen-bond donors (Lipinski definition) is 2. The second-order valence-electron chi connectivity index (χ2n) is 7.68. The topological polar surface area (TPSA) is 65.7 Å². The second kappa shape index (κ2) is 14.2. The zero-order valence-corrected chi connectivity index (χ0v) is 20.6. The molecule has 2 N–H and O–H groups in total. The van der Waals surface area contributed by atoms with Crippen molar-refractivity contribution in [3.05, 3.63) is 17.3 Å². The summed E-state index contributed by atoms with van der Waals surface area (Å²) in [5.41, 5.74) is 1.01. The van der Waals surface area contributed by atoms with Gasteiger partial charge in [0.25, 0.3) is 0 Å². The molecular formula is C21H40IN5O. The molecule has 0 radical (unpaired) electrons. The van der Waals surface area contributed by atoms with Gasteiger partial charge in [-0.15, -0.1) is 24.0 Å². The molecule has 0 atom stereocenters. The van der Waals surface area contributed by atoms with E-state index in [4.69, 9.17) is 9.41 Å². The molecule has 162 valence electrons. The van der Waals surface area contributed by atoms with Gasteiger partial charge in [0.15, 0.2) is 5.96 Å². The fourth-order valence-electron chi connectivity index (χ4n) is 3.45. The lowest BCUT2D eigenvalue weighted by molar-refractivity contribution is 0.166. The van der Waals surface area contributed by atoms with Crippen molar-refractivity contribution in [1.82, 2.24) is 20.5 Å². The van der Waals surface area contributed by atoms with Crippen LogP contribution in [0.3, 0.4) is 0 Å². The maximum Gasteiger partial charge on any atom is 0.208 e. The molecule has 1 aliphatic rings. The van der Waals surface area contributed by atoms with E-state index in [0.29, 0.717) is 5.92 Å². The van der Waals surface area contributed by atoms with Crippen LogP contribution in [-0.4, -0.2) is 48.6 Å². The second-order valence-corrected chi connectivity index (χ2v) is 7.68. The third-order valence-electron chi connectivity index (χ3n) is 5.31. The van der Waals surface area contributed by atoms with Crippen molar-refractivity contribution in [2.75, 3.05) is 32.7 Å². The number of halogens is 1. The Balaban J connectivity index is 0.00000392. The van der Waals surface area contributed by atoms with Gasteiger partial charge in [-0.1, -0.05) is 26.2 Å². The van der Waals surface area contributed by atoms with E-state index >= 15 is 0 Å². The monoisotopic (exact) mass is 505 g/mol. The molecule has 2 heterocycles. The Morgan fingerprint density at radius 2 is 1.89 bits per heavy atom. The normalized spacial score (nSPS) is 16.1. The summed E-state index contributed by atoms with van der Waals surface area (Å²) in [6.45, 7) is 14.2. The number of hydrogen-bond acceptors (Lipinski definition) is 4. The molecule has 1 aromatic rings. The van der Waals surface area contributed by atoms with Gasteiger partial charge in [-0.2, -0.15) is 0 Å². The van der Waals surface area contributed by atoms with Crippen LogP contribution in [0.5, 0.6) is 0 Å². The smallest absolute Gasteiger partial charge is 0.208 e. The van der Waals surface area contributed by atoms with Crippen molar-refractivity contribution < 1.29 is 4.42 Å². The number of guanidine groups is 1. The van der Waals surface area contributed by atoms with Crippen LogP contribution < -0.4 is 10.6 Å². The van der Waals surface area contributed by atoms with Crippen molar-refractivity contribution in [3.63, 3.8) is 0 Å². The summed E-state index contributed by atoms with van der Waals surface area (Å²) >= 11 is 0. The number of nitrogens with one attached hydrogen (secondary N) is 2. The minimum Gasteiger partial charge on any atom is -0.444 e. The molecular weight excluding hydrogens is 465 g/mol. The van der Waals surface area contributed by atoms with Crippen molar-refractivity contribution in [1.29, 1.82) is 0 Å². The number of aliphatic imine (C=N–C) groups is 1. The summed E-state index contributed by atoms with van der Waals surface area (Å²) in [6.07, 6.45) is 7.50. The highest BCUT2D eigenvalue weighted by molar-refractivity contribution is 14.0. The molecule has 0 aliphatic carbocycles. The lowest BCUT2D eigenvalue weighted by atomic mass is 9.97. The van der Waals surface area contributed by atoms with Gasteiger partial charge in [-0.25, -0.2) is 4.98 Å². The Labute approximate surface area is 188 Å². The average molecular weight is 505 g/mol. The number of nitrogens with zero attached hydrogens (tertiary/aromatic N) is 3. The van der Waals surface area contributed by atoms with Crippen LogP contribution in [0.4, 0.5) is 0 Å². The molecule has 0 bridgehead atoms. The Kier molecular flexibility index (Phi) is 12.8. The maximum atomic E-state index is 5.72. The van der Waals surface area contributed by atoms with Gasteiger partial charge in [0.2, 0.25) is 5.89 Å². The molecule has 2 rings (SSSR count). The van der Waals surface area contributed by atoms with Gasteiger partial charge >= 0.3 is 0 Å².